The molecular weight excluding hydrogens is 355 g/mol. The molecule has 5 nitrogen and oxygen atoms in total. The van der Waals surface area contributed by atoms with E-state index < -0.39 is 0 Å². The van der Waals surface area contributed by atoms with Crippen molar-refractivity contribution in [3.05, 3.63) is 71.2 Å². The Bertz CT molecular complexity index is 1020. The topological polar surface area (TPSA) is 57.3 Å². The smallest absolute Gasteiger partial charge is 0.317 e. The highest BCUT2D eigenvalue weighted by atomic mass is 19.1. The van der Waals surface area contributed by atoms with Gasteiger partial charge >= 0.3 is 6.03 Å². The largest absolute Gasteiger partial charge is 0.381 e. The number of amides is 2. The molecule has 0 bridgehead atoms. The first-order chi connectivity index (χ1) is 13.7. The zero-order valence-corrected chi connectivity index (χ0v) is 15.8. The van der Waals surface area contributed by atoms with Crippen molar-refractivity contribution in [1.82, 2.24) is 15.2 Å². The Kier molecular flexibility index (Phi) is 5.10. The summed E-state index contributed by atoms with van der Waals surface area (Å²) >= 11 is 0. The average Bonchev–Trinajstić information content (AvgIpc) is 2.73. The van der Waals surface area contributed by atoms with Crippen molar-refractivity contribution in [2.75, 3.05) is 18.4 Å². The lowest BCUT2D eigenvalue weighted by Gasteiger charge is -2.29. The molecule has 144 valence electrons. The van der Waals surface area contributed by atoms with Crippen LogP contribution >= 0.6 is 0 Å². The molecule has 6 heteroatoms. The Balaban J connectivity index is 1.51. The maximum absolute atomic E-state index is 14.0. The summed E-state index contributed by atoms with van der Waals surface area (Å²) in [5.41, 5.74) is 5.03. The summed E-state index contributed by atoms with van der Waals surface area (Å²) in [6.07, 6.45) is 2.54. The minimum Gasteiger partial charge on any atom is -0.381 e. The molecule has 0 radical (unpaired) electrons. The van der Waals surface area contributed by atoms with Gasteiger partial charge in [0.05, 0.1) is 5.52 Å². The van der Waals surface area contributed by atoms with Gasteiger partial charge in [-0.05, 0) is 60.4 Å². The standard InChI is InChI=1S/C22H23FN4O/c1-2-24-22(28)27-11-9-15-5-7-18(12-17(15)14-27)26-13-16-6-8-20(23)19-4-3-10-25-21(16)19/h3-8,10,12,26H,2,9,11,13-14H2,1H3,(H,24,28). The van der Waals surface area contributed by atoms with Crippen molar-refractivity contribution in [2.45, 2.75) is 26.4 Å². The molecule has 0 saturated heterocycles. The van der Waals surface area contributed by atoms with Crippen molar-refractivity contribution in [3.8, 4) is 0 Å². The van der Waals surface area contributed by atoms with Crippen LogP contribution in [0.5, 0.6) is 0 Å². The van der Waals surface area contributed by atoms with Gasteiger partial charge < -0.3 is 15.5 Å². The zero-order chi connectivity index (χ0) is 19.5. The molecular formula is C22H23FN4O. The fraction of sp³-hybridized carbons (Fsp3) is 0.273. The van der Waals surface area contributed by atoms with Gasteiger partial charge in [-0.1, -0.05) is 12.1 Å². The van der Waals surface area contributed by atoms with Crippen LogP contribution in [-0.4, -0.2) is 29.0 Å². The molecule has 0 fully saturated rings. The highest BCUT2D eigenvalue weighted by Crippen LogP contribution is 2.24. The number of pyridine rings is 1. The fourth-order valence-corrected chi connectivity index (χ4v) is 3.64. The maximum Gasteiger partial charge on any atom is 0.317 e. The van der Waals surface area contributed by atoms with Gasteiger partial charge in [-0.15, -0.1) is 0 Å². The Morgan fingerprint density at radius 1 is 1.21 bits per heavy atom. The molecule has 1 aromatic heterocycles. The molecule has 0 atom stereocenters. The quantitative estimate of drug-likeness (QED) is 0.719. The number of benzene rings is 2. The lowest BCUT2D eigenvalue weighted by atomic mass is 9.99. The molecule has 1 aliphatic heterocycles. The van der Waals surface area contributed by atoms with Crippen molar-refractivity contribution < 1.29 is 9.18 Å². The van der Waals surface area contributed by atoms with Gasteiger partial charge in [0.15, 0.2) is 0 Å². The number of carbonyl (C=O) groups is 1. The molecule has 28 heavy (non-hydrogen) atoms. The van der Waals surface area contributed by atoms with Gasteiger partial charge in [-0.25, -0.2) is 9.18 Å². The van der Waals surface area contributed by atoms with E-state index in [-0.39, 0.29) is 11.8 Å². The number of rotatable bonds is 4. The van der Waals surface area contributed by atoms with E-state index in [1.54, 1.807) is 24.4 Å². The van der Waals surface area contributed by atoms with E-state index in [0.29, 0.717) is 30.5 Å². The summed E-state index contributed by atoms with van der Waals surface area (Å²) in [4.78, 5) is 18.3. The number of hydrogen-bond donors (Lipinski definition) is 2. The molecule has 0 aliphatic carbocycles. The van der Waals surface area contributed by atoms with Crippen molar-refractivity contribution in [2.24, 2.45) is 0 Å². The Morgan fingerprint density at radius 3 is 2.96 bits per heavy atom. The number of anilines is 1. The van der Waals surface area contributed by atoms with E-state index in [1.807, 2.05) is 11.8 Å². The van der Waals surface area contributed by atoms with E-state index in [2.05, 4.69) is 33.8 Å². The molecule has 2 amide bonds. The predicted molar refractivity (Wildman–Crippen MR) is 109 cm³/mol. The zero-order valence-electron chi connectivity index (χ0n) is 15.8. The molecule has 0 spiro atoms. The molecule has 3 aromatic rings. The van der Waals surface area contributed by atoms with Crippen LogP contribution in [0.3, 0.4) is 0 Å². The average molecular weight is 378 g/mol. The number of nitrogens with zero attached hydrogens (tertiary/aromatic N) is 2. The number of nitrogens with one attached hydrogen (secondary N) is 2. The molecule has 0 saturated carbocycles. The lowest BCUT2D eigenvalue weighted by molar-refractivity contribution is 0.193. The van der Waals surface area contributed by atoms with Crippen molar-refractivity contribution in [1.29, 1.82) is 0 Å². The van der Waals surface area contributed by atoms with E-state index in [0.717, 1.165) is 29.8 Å². The van der Waals surface area contributed by atoms with Crippen LogP contribution in [0, 0.1) is 5.82 Å². The maximum atomic E-state index is 14.0. The van der Waals surface area contributed by atoms with Crippen LogP contribution in [0.1, 0.15) is 23.6 Å². The van der Waals surface area contributed by atoms with Gasteiger partial charge in [0.2, 0.25) is 0 Å². The first-order valence-corrected chi connectivity index (χ1v) is 9.56. The molecule has 2 heterocycles. The number of fused-ring (bicyclic) bond motifs is 2. The fourth-order valence-electron chi connectivity index (χ4n) is 3.64. The molecule has 2 aromatic carbocycles. The third kappa shape index (κ3) is 3.63. The van der Waals surface area contributed by atoms with E-state index >= 15 is 0 Å². The van der Waals surface area contributed by atoms with Crippen LogP contribution in [-0.2, 0) is 19.5 Å². The van der Waals surface area contributed by atoms with Crippen LogP contribution in [0.2, 0.25) is 0 Å². The number of urea groups is 1. The SMILES string of the molecule is CCNC(=O)N1CCc2ccc(NCc3ccc(F)c4cccnc34)cc2C1. The van der Waals surface area contributed by atoms with E-state index in [1.165, 1.54) is 11.6 Å². The Labute approximate surface area is 163 Å². The first kappa shape index (κ1) is 18.2. The Hall–Kier alpha value is -3.15. The molecule has 1 aliphatic rings. The van der Waals surface area contributed by atoms with Crippen LogP contribution in [0.4, 0.5) is 14.9 Å². The number of carbonyl (C=O) groups excluding carboxylic acids is 1. The van der Waals surface area contributed by atoms with Gasteiger partial charge in [0.25, 0.3) is 0 Å². The normalized spacial score (nSPS) is 13.3. The molecule has 4 rings (SSSR count). The second-order valence-corrected chi connectivity index (χ2v) is 6.95. The summed E-state index contributed by atoms with van der Waals surface area (Å²) < 4.78 is 14.0. The second-order valence-electron chi connectivity index (χ2n) is 6.95. The van der Waals surface area contributed by atoms with Crippen molar-refractivity contribution >= 4 is 22.6 Å². The van der Waals surface area contributed by atoms with Crippen LogP contribution in [0.15, 0.2) is 48.7 Å². The third-order valence-electron chi connectivity index (χ3n) is 5.12. The van der Waals surface area contributed by atoms with Gasteiger partial charge in [-0.3, -0.25) is 4.98 Å². The molecule has 0 unspecified atom stereocenters. The summed E-state index contributed by atoms with van der Waals surface area (Å²) in [5.74, 6) is -0.258. The summed E-state index contributed by atoms with van der Waals surface area (Å²) in [5, 5.41) is 6.81. The lowest BCUT2D eigenvalue weighted by Crippen LogP contribution is -2.42. The number of aromatic nitrogens is 1. The van der Waals surface area contributed by atoms with Crippen LogP contribution < -0.4 is 10.6 Å². The molecule has 2 N–H and O–H groups in total. The number of hydrogen-bond acceptors (Lipinski definition) is 3. The van der Waals surface area contributed by atoms with Gasteiger partial charge in [0, 0.05) is 43.4 Å². The van der Waals surface area contributed by atoms with Gasteiger partial charge in [0.1, 0.15) is 5.82 Å². The Morgan fingerprint density at radius 2 is 2.11 bits per heavy atom. The van der Waals surface area contributed by atoms with Gasteiger partial charge in [-0.2, -0.15) is 0 Å². The van der Waals surface area contributed by atoms with E-state index in [9.17, 15) is 9.18 Å². The first-order valence-electron chi connectivity index (χ1n) is 9.56. The monoisotopic (exact) mass is 378 g/mol. The summed E-state index contributed by atoms with van der Waals surface area (Å²) in [6.45, 7) is 4.44. The number of halogens is 1. The summed E-state index contributed by atoms with van der Waals surface area (Å²) in [7, 11) is 0. The third-order valence-corrected chi connectivity index (χ3v) is 5.12. The minimum absolute atomic E-state index is 0.0182. The minimum atomic E-state index is -0.258. The second kappa shape index (κ2) is 7.84. The van der Waals surface area contributed by atoms with Crippen LogP contribution in [0.25, 0.3) is 10.9 Å². The van der Waals surface area contributed by atoms with Crippen molar-refractivity contribution in [3.63, 3.8) is 0 Å². The van der Waals surface area contributed by atoms with E-state index in [4.69, 9.17) is 0 Å². The predicted octanol–water partition coefficient (Wildman–Crippen LogP) is 4.07. The highest BCUT2D eigenvalue weighted by Gasteiger charge is 2.20. The highest BCUT2D eigenvalue weighted by molar-refractivity contribution is 5.82. The summed E-state index contributed by atoms with van der Waals surface area (Å²) in [6, 6.07) is 13.0.